The molecule has 0 saturated heterocycles. The number of unbranched alkanes of at least 4 members (excludes halogenated alkanes) is 21. The van der Waals surface area contributed by atoms with Crippen LogP contribution in [0.15, 0.2) is 0 Å². The Hall–Kier alpha value is -2.16. The highest BCUT2D eigenvalue weighted by atomic mass is 16.5. The molecule has 0 aliphatic heterocycles. The zero-order valence-corrected chi connectivity index (χ0v) is 30.3. The lowest BCUT2D eigenvalue weighted by Crippen LogP contribution is -2.47. The van der Waals surface area contributed by atoms with Gasteiger partial charge in [0.25, 0.3) is 0 Å². The molecule has 276 valence electrons. The van der Waals surface area contributed by atoms with Gasteiger partial charge in [0, 0.05) is 12.8 Å². The summed E-state index contributed by atoms with van der Waals surface area (Å²) < 4.78 is 5.82. The molecule has 0 saturated carbocycles. The fraction of sp³-hybridized carbons (Fsp3) is 0.895. The number of aliphatic hydroxyl groups is 1. The number of rotatable bonds is 35. The van der Waals surface area contributed by atoms with E-state index >= 15 is 0 Å². The first-order valence-corrected chi connectivity index (χ1v) is 19.4. The summed E-state index contributed by atoms with van der Waals surface area (Å²) in [6.07, 6.45) is 32.0. The molecule has 2 unspecified atom stereocenters. The van der Waals surface area contributed by atoms with Gasteiger partial charge in [0.2, 0.25) is 11.8 Å². The summed E-state index contributed by atoms with van der Waals surface area (Å²) in [4.78, 5) is 47.1. The van der Waals surface area contributed by atoms with Crippen molar-refractivity contribution < 1.29 is 34.1 Å². The molecule has 0 radical (unpaired) electrons. The smallest absolute Gasteiger partial charge is 0.328 e. The van der Waals surface area contributed by atoms with E-state index in [4.69, 9.17) is 14.9 Å². The Balaban J connectivity index is 3.77. The van der Waals surface area contributed by atoms with Gasteiger partial charge in [-0.1, -0.05) is 149 Å². The van der Waals surface area contributed by atoms with E-state index in [1.807, 2.05) is 0 Å². The summed E-state index contributed by atoms with van der Waals surface area (Å²) >= 11 is 0. The van der Waals surface area contributed by atoms with Crippen LogP contribution >= 0.6 is 0 Å². The van der Waals surface area contributed by atoms with Gasteiger partial charge in [0.05, 0.1) is 13.2 Å². The van der Waals surface area contributed by atoms with Crippen molar-refractivity contribution in [3.05, 3.63) is 0 Å². The monoisotopic (exact) mass is 669 g/mol. The van der Waals surface area contributed by atoms with E-state index in [9.17, 15) is 19.2 Å². The molecule has 0 aromatic rings. The van der Waals surface area contributed by atoms with Crippen molar-refractivity contribution >= 4 is 23.8 Å². The third-order valence-corrected chi connectivity index (χ3v) is 8.85. The number of aliphatic carboxylic acids is 1. The summed E-state index contributed by atoms with van der Waals surface area (Å²) in [7, 11) is 0. The van der Waals surface area contributed by atoms with Crippen molar-refractivity contribution in [2.45, 2.75) is 206 Å². The second-order valence-corrected chi connectivity index (χ2v) is 13.4. The summed E-state index contributed by atoms with van der Waals surface area (Å²) in [6.45, 7) is 3.35. The minimum atomic E-state index is -1.39. The van der Waals surface area contributed by atoms with E-state index in [-0.39, 0.29) is 30.9 Å². The maximum atomic E-state index is 12.5. The topological polar surface area (TPSA) is 142 Å². The van der Waals surface area contributed by atoms with Gasteiger partial charge in [-0.3, -0.25) is 14.4 Å². The number of carbonyl (C=O) groups excluding carboxylic acids is 3. The lowest BCUT2D eigenvalue weighted by molar-refractivity contribution is -0.150. The van der Waals surface area contributed by atoms with E-state index < -0.39 is 24.5 Å². The average molecular weight is 669 g/mol. The average Bonchev–Trinajstić information content (AvgIpc) is 3.05. The molecular weight excluding hydrogens is 596 g/mol. The Morgan fingerprint density at radius 2 is 0.979 bits per heavy atom. The predicted molar refractivity (Wildman–Crippen MR) is 190 cm³/mol. The molecule has 0 rings (SSSR count). The summed E-state index contributed by atoms with van der Waals surface area (Å²) in [5.41, 5.74) is 0. The zero-order valence-electron chi connectivity index (χ0n) is 30.3. The molecule has 9 nitrogen and oxygen atoms in total. The van der Waals surface area contributed by atoms with Crippen molar-refractivity contribution in [2.24, 2.45) is 0 Å². The predicted octanol–water partition coefficient (Wildman–Crippen LogP) is 8.54. The van der Waals surface area contributed by atoms with Crippen LogP contribution < -0.4 is 10.6 Å². The molecule has 0 fully saturated rings. The van der Waals surface area contributed by atoms with Crippen LogP contribution in [-0.2, 0) is 23.9 Å². The molecule has 0 heterocycles. The minimum Gasteiger partial charge on any atom is -0.480 e. The van der Waals surface area contributed by atoms with Crippen LogP contribution in [0.3, 0.4) is 0 Å². The molecule has 0 bridgehead atoms. The molecule has 0 spiro atoms. The Kier molecular flexibility index (Phi) is 32.2. The number of esters is 1. The third-order valence-electron chi connectivity index (χ3n) is 8.85. The molecular formula is C38H72N2O7. The van der Waals surface area contributed by atoms with Crippen LogP contribution in [-0.4, -0.2) is 59.3 Å². The van der Waals surface area contributed by atoms with Crippen molar-refractivity contribution in [3.8, 4) is 0 Å². The standard InChI is InChI=1S/C38H72N2O7/c1-3-5-7-8-9-10-11-12-13-14-15-16-17-18-19-20-21-22-26-30-37(44)47-33(27-6-4-2)28-24-23-25-29-35(42)39-31-36(43)40-34(32-41)38(45)46/h33-34,41H,3-32H2,1-2H3,(H,39,42)(H,40,43)(H,45,46). The molecule has 9 heteroatoms. The molecule has 0 aliphatic rings. The van der Waals surface area contributed by atoms with Gasteiger partial charge in [-0.15, -0.1) is 0 Å². The first-order valence-electron chi connectivity index (χ1n) is 19.4. The molecule has 2 atom stereocenters. The van der Waals surface area contributed by atoms with Crippen molar-refractivity contribution in [2.75, 3.05) is 13.2 Å². The highest BCUT2D eigenvalue weighted by Crippen LogP contribution is 2.17. The SMILES string of the molecule is CCCCCCCCCCCCCCCCCCCCCC(=O)OC(CCCC)CCCCCC(=O)NCC(=O)NC(CO)C(=O)O. The van der Waals surface area contributed by atoms with E-state index in [2.05, 4.69) is 24.5 Å². The fourth-order valence-corrected chi connectivity index (χ4v) is 5.82. The normalized spacial score (nSPS) is 12.4. The number of aliphatic hydroxyl groups excluding tert-OH is 1. The highest BCUT2D eigenvalue weighted by Gasteiger charge is 2.19. The number of ether oxygens (including phenoxy) is 1. The summed E-state index contributed by atoms with van der Waals surface area (Å²) in [5, 5.41) is 22.4. The quantitative estimate of drug-likeness (QED) is 0.0392. The zero-order chi connectivity index (χ0) is 34.8. The Labute approximate surface area is 287 Å². The van der Waals surface area contributed by atoms with Gasteiger partial charge in [-0.25, -0.2) is 4.79 Å². The lowest BCUT2D eigenvalue weighted by Gasteiger charge is -2.18. The Morgan fingerprint density at radius 3 is 1.45 bits per heavy atom. The second-order valence-electron chi connectivity index (χ2n) is 13.4. The molecule has 0 aromatic carbocycles. The van der Waals surface area contributed by atoms with Gasteiger partial charge < -0.3 is 25.6 Å². The molecule has 0 aliphatic carbocycles. The van der Waals surface area contributed by atoms with Gasteiger partial charge in [-0.2, -0.15) is 0 Å². The molecule has 4 N–H and O–H groups in total. The van der Waals surface area contributed by atoms with Gasteiger partial charge in [0.1, 0.15) is 12.1 Å². The number of amides is 2. The summed E-state index contributed by atoms with van der Waals surface area (Å²) in [6, 6.07) is -1.39. The lowest BCUT2D eigenvalue weighted by atomic mass is 10.0. The van der Waals surface area contributed by atoms with Crippen molar-refractivity contribution in [3.63, 3.8) is 0 Å². The van der Waals surface area contributed by atoms with Crippen molar-refractivity contribution in [1.29, 1.82) is 0 Å². The van der Waals surface area contributed by atoms with E-state index in [0.717, 1.165) is 51.4 Å². The number of carboxylic acids is 1. The second kappa shape index (κ2) is 33.7. The third kappa shape index (κ3) is 30.9. The maximum Gasteiger partial charge on any atom is 0.328 e. The van der Waals surface area contributed by atoms with Crippen LogP contribution in [0.4, 0.5) is 0 Å². The number of carbonyl (C=O) groups is 4. The number of hydrogen-bond donors (Lipinski definition) is 4. The fourth-order valence-electron chi connectivity index (χ4n) is 5.82. The number of nitrogens with one attached hydrogen (secondary N) is 2. The minimum absolute atomic E-state index is 0.0750. The largest absolute Gasteiger partial charge is 0.480 e. The molecule has 2 amide bonds. The maximum absolute atomic E-state index is 12.5. The first kappa shape index (κ1) is 44.8. The Morgan fingerprint density at radius 1 is 0.553 bits per heavy atom. The first-order chi connectivity index (χ1) is 22.8. The van der Waals surface area contributed by atoms with Crippen LogP contribution in [0.2, 0.25) is 0 Å². The van der Waals surface area contributed by atoms with Crippen LogP contribution in [0, 0.1) is 0 Å². The van der Waals surface area contributed by atoms with Gasteiger partial charge in [0.15, 0.2) is 0 Å². The van der Waals surface area contributed by atoms with Crippen LogP contribution in [0.25, 0.3) is 0 Å². The van der Waals surface area contributed by atoms with E-state index in [1.54, 1.807) is 0 Å². The number of carboxylic acid groups (broad SMARTS) is 1. The van der Waals surface area contributed by atoms with E-state index in [1.165, 1.54) is 109 Å². The molecule has 0 aromatic heterocycles. The van der Waals surface area contributed by atoms with Crippen LogP contribution in [0.5, 0.6) is 0 Å². The number of hydrogen-bond acceptors (Lipinski definition) is 6. The summed E-state index contributed by atoms with van der Waals surface area (Å²) in [5.74, 6) is -2.39. The van der Waals surface area contributed by atoms with Crippen molar-refractivity contribution in [1.82, 2.24) is 10.6 Å². The van der Waals surface area contributed by atoms with E-state index in [0.29, 0.717) is 12.8 Å². The highest BCUT2D eigenvalue weighted by molar-refractivity contribution is 5.87. The molecule has 47 heavy (non-hydrogen) atoms. The van der Waals surface area contributed by atoms with Crippen LogP contribution in [0.1, 0.15) is 194 Å². The van der Waals surface area contributed by atoms with Gasteiger partial charge >= 0.3 is 11.9 Å². The van der Waals surface area contributed by atoms with Gasteiger partial charge in [-0.05, 0) is 32.1 Å². The Bertz CT molecular complexity index is 777.